The third-order valence-corrected chi connectivity index (χ3v) is 2.90. The molecule has 0 saturated carbocycles. The van der Waals surface area contributed by atoms with Gasteiger partial charge in [-0.05, 0) is 37.6 Å². The summed E-state index contributed by atoms with van der Waals surface area (Å²) in [5.41, 5.74) is 9.10. The first-order valence-corrected chi connectivity index (χ1v) is 5.39. The van der Waals surface area contributed by atoms with E-state index in [1.54, 1.807) is 0 Å². The van der Waals surface area contributed by atoms with Gasteiger partial charge in [0.15, 0.2) is 0 Å². The quantitative estimate of drug-likeness (QED) is 0.712. The molecule has 0 unspecified atom stereocenters. The number of hydrogen-bond acceptors (Lipinski definition) is 3. The van der Waals surface area contributed by atoms with E-state index in [1.165, 1.54) is 11.3 Å². The molecule has 1 aliphatic rings. The number of anilines is 2. The van der Waals surface area contributed by atoms with E-state index in [2.05, 4.69) is 24.8 Å². The number of nitrogen functional groups attached to an aromatic ring is 1. The molecule has 82 valence electrons. The molecule has 1 aromatic carbocycles. The van der Waals surface area contributed by atoms with Crippen LogP contribution in [0.3, 0.4) is 0 Å². The van der Waals surface area contributed by atoms with Crippen LogP contribution in [-0.2, 0) is 4.74 Å². The van der Waals surface area contributed by atoms with E-state index in [1.807, 2.05) is 12.1 Å². The Morgan fingerprint density at radius 2 is 2.27 bits per heavy atom. The fraction of sp³-hybridized carbons (Fsp3) is 0.500. The van der Waals surface area contributed by atoms with Crippen LogP contribution >= 0.6 is 0 Å². The Morgan fingerprint density at radius 3 is 2.93 bits per heavy atom. The first kappa shape index (κ1) is 10.3. The third-order valence-electron chi connectivity index (χ3n) is 2.90. The highest BCUT2D eigenvalue weighted by atomic mass is 16.5. The van der Waals surface area contributed by atoms with Gasteiger partial charge in [-0.3, -0.25) is 0 Å². The lowest BCUT2D eigenvalue weighted by molar-refractivity contribution is 0.0989. The number of nitrogens with zero attached hydrogens (tertiary/aromatic N) is 1. The molecule has 15 heavy (non-hydrogen) atoms. The minimum atomic E-state index is 0.445. The Hall–Kier alpha value is -1.22. The van der Waals surface area contributed by atoms with Crippen LogP contribution in [-0.4, -0.2) is 25.8 Å². The van der Waals surface area contributed by atoms with Gasteiger partial charge in [0.05, 0.1) is 13.2 Å². The number of rotatable bonds is 1. The van der Waals surface area contributed by atoms with E-state index >= 15 is 0 Å². The summed E-state index contributed by atoms with van der Waals surface area (Å²) in [5, 5.41) is 0. The van der Waals surface area contributed by atoms with E-state index in [9.17, 15) is 0 Å². The molecule has 0 aliphatic carbocycles. The fourth-order valence-corrected chi connectivity index (χ4v) is 2.09. The third kappa shape index (κ3) is 2.07. The van der Waals surface area contributed by atoms with Crippen molar-refractivity contribution in [2.75, 3.05) is 30.4 Å². The van der Waals surface area contributed by atoms with Gasteiger partial charge in [-0.2, -0.15) is 0 Å². The first-order chi connectivity index (χ1) is 7.18. The topological polar surface area (TPSA) is 38.5 Å². The number of hydrogen-bond donors (Lipinski definition) is 1. The summed E-state index contributed by atoms with van der Waals surface area (Å²) < 4.78 is 5.43. The second kappa shape index (κ2) is 4.11. The zero-order valence-electron chi connectivity index (χ0n) is 9.36. The molecule has 0 aromatic heterocycles. The molecule has 1 saturated heterocycles. The van der Waals surface area contributed by atoms with Crippen molar-refractivity contribution in [1.82, 2.24) is 0 Å². The summed E-state index contributed by atoms with van der Waals surface area (Å²) in [6, 6.07) is 6.54. The minimum Gasteiger partial charge on any atom is -0.399 e. The summed E-state index contributed by atoms with van der Waals surface area (Å²) in [6.45, 7) is 6.88. The maximum atomic E-state index is 5.75. The van der Waals surface area contributed by atoms with Crippen LogP contribution in [0.5, 0.6) is 0 Å². The van der Waals surface area contributed by atoms with Gasteiger partial charge in [-0.25, -0.2) is 0 Å². The predicted molar refractivity (Wildman–Crippen MR) is 63.2 cm³/mol. The van der Waals surface area contributed by atoms with E-state index in [0.717, 1.165) is 25.4 Å². The van der Waals surface area contributed by atoms with Gasteiger partial charge >= 0.3 is 0 Å². The van der Waals surface area contributed by atoms with Crippen LogP contribution in [0.1, 0.15) is 12.5 Å². The molecule has 0 radical (unpaired) electrons. The fourth-order valence-electron chi connectivity index (χ4n) is 2.09. The van der Waals surface area contributed by atoms with Gasteiger partial charge in [0.2, 0.25) is 0 Å². The summed E-state index contributed by atoms with van der Waals surface area (Å²) in [4.78, 5) is 2.39. The van der Waals surface area contributed by atoms with Gasteiger partial charge in [0.25, 0.3) is 0 Å². The standard InChI is InChI=1S/C12H18N2O/c1-9-7-11(13)3-4-12(9)14-5-6-15-8-10(14)2/h3-4,7,10H,5-6,8,13H2,1-2H3/t10-/m1/s1. The zero-order valence-corrected chi connectivity index (χ0v) is 9.36. The van der Waals surface area contributed by atoms with E-state index in [4.69, 9.17) is 10.5 Å². The second-order valence-corrected chi connectivity index (χ2v) is 4.16. The Kier molecular flexibility index (Phi) is 2.82. The van der Waals surface area contributed by atoms with Crippen molar-refractivity contribution >= 4 is 11.4 Å². The lowest BCUT2D eigenvalue weighted by atomic mass is 10.1. The van der Waals surface area contributed by atoms with Crippen molar-refractivity contribution in [1.29, 1.82) is 0 Å². The van der Waals surface area contributed by atoms with E-state index < -0.39 is 0 Å². The van der Waals surface area contributed by atoms with Crippen molar-refractivity contribution < 1.29 is 4.74 Å². The van der Waals surface area contributed by atoms with Crippen molar-refractivity contribution in [3.63, 3.8) is 0 Å². The molecular weight excluding hydrogens is 188 g/mol. The molecule has 0 spiro atoms. The SMILES string of the molecule is Cc1cc(N)ccc1N1CCOC[C@H]1C. The monoisotopic (exact) mass is 206 g/mol. The number of benzene rings is 1. The lowest BCUT2D eigenvalue weighted by Gasteiger charge is -2.36. The van der Waals surface area contributed by atoms with Crippen LogP contribution in [0.25, 0.3) is 0 Å². The highest BCUT2D eigenvalue weighted by molar-refractivity contribution is 5.59. The Morgan fingerprint density at radius 1 is 1.47 bits per heavy atom. The molecule has 0 amide bonds. The lowest BCUT2D eigenvalue weighted by Crippen LogP contribution is -2.44. The Bertz CT molecular complexity index is 351. The van der Waals surface area contributed by atoms with Gasteiger partial charge in [-0.15, -0.1) is 0 Å². The summed E-state index contributed by atoms with van der Waals surface area (Å²) in [5.74, 6) is 0. The van der Waals surface area contributed by atoms with Gasteiger partial charge in [0, 0.05) is 24.0 Å². The van der Waals surface area contributed by atoms with Crippen LogP contribution in [0.4, 0.5) is 11.4 Å². The Balaban J connectivity index is 2.27. The minimum absolute atomic E-state index is 0.445. The maximum absolute atomic E-state index is 5.75. The number of nitrogens with two attached hydrogens (primary N) is 1. The first-order valence-electron chi connectivity index (χ1n) is 5.39. The molecule has 0 bridgehead atoms. The normalized spacial score (nSPS) is 21.7. The van der Waals surface area contributed by atoms with Gasteiger partial charge in [-0.1, -0.05) is 0 Å². The summed E-state index contributed by atoms with van der Waals surface area (Å²) >= 11 is 0. The second-order valence-electron chi connectivity index (χ2n) is 4.16. The highest BCUT2D eigenvalue weighted by Gasteiger charge is 2.20. The van der Waals surface area contributed by atoms with Crippen molar-refractivity contribution in [2.24, 2.45) is 0 Å². The van der Waals surface area contributed by atoms with Crippen LogP contribution < -0.4 is 10.6 Å². The molecule has 2 rings (SSSR count). The molecule has 1 atom stereocenters. The maximum Gasteiger partial charge on any atom is 0.0668 e. The molecule has 1 fully saturated rings. The van der Waals surface area contributed by atoms with Crippen LogP contribution in [0, 0.1) is 6.92 Å². The van der Waals surface area contributed by atoms with Crippen molar-refractivity contribution in [3.05, 3.63) is 23.8 Å². The van der Waals surface area contributed by atoms with E-state index in [0.29, 0.717) is 6.04 Å². The van der Waals surface area contributed by atoms with Crippen molar-refractivity contribution in [3.8, 4) is 0 Å². The molecule has 3 nitrogen and oxygen atoms in total. The molecule has 1 heterocycles. The molecule has 1 aromatic rings. The molecule has 3 heteroatoms. The molecule has 1 aliphatic heterocycles. The predicted octanol–water partition coefficient (Wildman–Crippen LogP) is 1.80. The van der Waals surface area contributed by atoms with Crippen LogP contribution in [0.15, 0.2) is 18.2 Å². The largest absolute Gasteiger partial charge is 0.399 e. The van der Waals surface area contributed by atoms with Crippen molar-refractivity contribution in [2.45, 2.75) is 19.9 Å². The smallest absolute Gasteiger partial charge is 0.0668 e. The Labute approximate surface area is 90.8 Å². The average Bonchev–Trinajstić information content (AvgIpc) is 2.20. The number of morpholine rings is 1. The zero-order chi connectivity index (χ0) is 10.8. The van der Waals surface area contributed by atoms with E-state index in [-0.39, 0.29) is 0 Å². The van der Waals surface area contributed by atoms with Gasteiger partial charge < -0.3 is 15.4 Å². The van der Waals surface area contributed by atoms with Crippen LogP contribution in [0.2, 0.25) is 0 Å². The summed E-state index contributed by atoms with van der Waals surface area (Å²) in [7, 11) is 0. The molecular formula is C12H18N2O. The number of aryl methyl sites for hydroxylation is 1. The molecule has 2 N–H and O–H groups in total. The average molecular weight is 206 g/mol. The van der Waals surface area contributed by atoms with Gasteiger partial charge in [0.1, 0.15) is 0 Å². The highest BCUT2D eigenvalue weighted by Crippen LogP contribution is 2.25. The summed E-state index contributed by atoms with van der Waals surface area (Å²) in [6.07, 6.45) is 0. The number of ether oxygens (including phenoxy) is 1.